The first-order valence-corrected chi connectivity index (χ1v) is 7.82. The van der Waals surface area contributed by atoms with Gasteiger partial charge in [-0.05, 0) is 42.9 Å². The summed E-state index contributed by atoms with van der Waals surface area (Å²) in [6.45, 7) is 3.25. The van der Waals surface area contributed by atoms with E-state index >= 15 is 0 Å². The molecule has 0 aromatic heterocycles. The van der Waals surface area contributed by atoms with Crippen LogP contribution in [0.15, 0.2) is 18.2 Å². The van der Waals surface area contributed by atoms with Crippen LogP contribution in [-0.4, -0.2) is 31.4 Å². The summed E-state index contributed by atoms with van der Waals surface area (Å²) in [5, 5.41) is 3.45. The van der Waals surface area contributed by atoms with Crippen molar-refractivity contribution in [3.8, 4) is 0 Å². The Morgan fingerprint density at radius 2 is 1.95 bits per heavy atom. The maximum atomic E-state index is 12.2. The molecule has 1 amide bonds. The number of nitrogens with zero attached hydrogens (tertiary/aromatic N) is 1. The number of amides is 1. The van der Waals surface area contributed by atoms with Crippen molar-refractivity contribution in [2.75, 3.05) is 31.7 Å². The van der Waals surface area contributed by atoms with Crippen LogP contribution in [-0.2, 0) is 0 Å². The van der Waals surface area contributed by atoms with Crippen molar-refractivity contribution in [1.82, 2.24) is 4.90 Å². The van der Waals surface area contributed by atoms with Crippen molar-refractivity contribution < 1.29 is 4.79 Å². The standard InChI is InChI=1S/C17H27N3O/c1-12-4-6-13(7-5-12)11-19-16-10-14(18)8-9-15(16)17(21)20(2)3/h8-10,12-13,19H,4-7,11,18H2,1-3H3. The van der Waals surface area contributed by atoms with Crippen LogP contribution >= 0.6 is 0 Å². The first-order valence-electron chi connectivity index (χ1n) is 7.82. The lowest BCUT2D eigenvalue weighted by Gasteiger charge is -2.27. The second-order valence-corrected chi connectivity index (χ2v) is 6.51. The molecule has 0 saturated heterocycles. The summed E-state index contributed by atoms with van der Waals surface area (Å²) in [6.07, 6.45) is 5.17. The molecule has 4 heteroatoms. The minimum atomic E-state index is 0.00904. The molecule has 2 rings (SSSR count). The molecule has 3 N–H and O–H groups in total. The van der Waals surface area contributed by atoms with Crippen LogP contribution in [0.4, 0.5) is 11.4 Å². The Morgan fingerprint density at radius 1 is 1.29 bits per heavy atom. The van der Waals surface area contributed by atoms with Gasteiger partial charge in [-0.1, -0.05) is 19.8 Å². The van der Waals surface area contributed by atoms with Gasteiger partial charge in [0.2, 0.25) is 0 Å². The fourth-order valence-electron chi connectivity index (χ4n) is 2.92. The molecule has 0 bridgehead atoms. The smallest absolute Gasteiger partial charge is 0.255 e. The maximum Gasteiger partial charge on any atom is 0.255 e. The van der Waals surface area contributed by atoms with E-state index in [9.17, 15) is 4.79 Å². The minimum absolute atomic E-state index is 0.00904. The van der Waals surface area contributed by atoms with Gasteiger partial charge in [-0.2, -0.15) is 0 Å². The molecule has 0 atom stereocenters. The Morgan fingerprint density at radius 3 is 2.57 bits per heavy atom. The molecule has 116 valence electrons. The molecule has 1 aromatic rings. The summed E-state index contributed by atoms with van der Waals surface area (Å²) in [7, 11) is 3.54. The molecule has 0 aliphatic heterocycles. The number of benzene rings is 1. The third kappa shape index (κ3) is 4.13. The SMILES string of the molecule is CC1CCC(CNc2cc(N)ccc2C(=O)N(C)C)CC1. The fourth-order valence-corrected chi connectivity index (χ4v) is 2.92. The van der Waals surface area contributed by atoms with E-state index in [2.05, 4.69) is 12.2 Å². The van der Waals surface area contributed by atoms with Crippen molar-refractivity contribution in [1.29, 1.82) is 0 Å². The van der Waals surface area contributed by atoms with Crippen LogP contribution in [0.25, 0.3) is 0 Å². The predicted molar refractivity (Wildman–Crippen MR) is 88.5 cm³/mol. The number of hydrogen-bond acceptors (Lipinski definition) is 3. The molecular formula is C17H27N3O. The third-order valence-corrected chi connectivity index (χ3v) is 4.40. The molecule has 1 saturated carbocycles. The number of rotatable bonds is 4. The lowest BCUT2D eigenvalue weighted by molar-refractivity contribution is 0.0828. The van der Waals surface area contributed by atoms with Crippen molar-refractivity contribution in [3.63, 3.8) is 0 Å². The van der Waals surface area contributed by atoms with Gasteiger partial charge in [0.1, 0.15) is 0 Å². The second-order valence-electron chi connectivity index (χ2n) is 6.51. The molecule has 21 heavy (non-hydrogen) atoms. The molecule has 0 heterocycles. The molecule has 4 nitrogen and oxygen atoms in total. The molecular weight excluding hydrogens is 262 g/mol. The number of carbonyl (C=O) groups is 1. The predicted octanol–water partition coefficient (Wildman–Crippen LogP) is 3.21. The van der Waals surface area contributed by atoms with Crippen LogP contribution in [0.5, 0.6) is 0 Å². The highest BCUT2D eigenvalue weighted by atomic mass is 16.2. The first-order chi connectivity index (χ1) is 9.97. The Kier molecular flexibility index (Phi) is 5.10. The zero-order valence-corrected chi connectivity index (χ0v) is 13.4. The summed E-state index contributed by atoms with van der Waals surface area (Å²) < 4.78 is 0. The number of anilines is 2. The summed E-state index contributed by atoms with van der Waals surface area (Å²) in [4.78, 5) is 13.8. The normalized spacial score (nSPS) is 21.9. The average molecular weight is 289 g/mol. The summed E-state index contributed by atoms with van der Waals surface area (Å²) >= 11 is 0. The molecule has 1 aliphatic rings. The van der Waals surface area contributed by atoms with Crippen LogP contribution in [0, 0.1) is 11.8 Å². The lowest BCUT2D eigenvalue weighted by Crippen LogP contribution is -2.25. The van der Waals surface area contributed by atoms with Gasteiger partial charge in [-0.3, -0.25) is 4.79 Å². The highest BCUT2D eigenvalue weighted by Gasteiger charge is 2.19. The van der Waals surface area contributed by atoms with E-state index in [1.807, 2.05) is 12.1 Å². The van der Waals surface area contributed by atoms with Crippen LogP contribution in [0.2, 0.25) is 0 Å². The van der Waals surface area contributed by atoms with Crippen molar-refractivity contribution >= 4 is 17.3 Å². The molecule has 1 aromatic carbocycles. The number of nitrogen functional groups attached to an aromatic ring is 1. The van der Waals surface area contributed by atoms with E-state index in [-0.39, 0.29) is 5.91 Å². The van der Waals surface area contributed by atoms with Crippen molar-refractivity contribution in [2.24, 2.45) is 11.8 Å². The van der Waals surface area contributed by atoms with Crippen LogP contribution < -0.4 is 11.1 Å². The maximum absolute atomic E-state index is 12.2. The Bertz CT molecular complexity index is 491. The van der Waals surface area contributed by atoms with E-state index in [4.69, 9.17) is 5.73 Å². The average Bonchev–Trinajstić information content (AvgIpc) is 2.46. The molecule has 0 radical (unpaired) electrons. The first kappa shape index (κ1) is 15.7. The van der Waals surface area contributed by atoms with E-state index in [1.54, 1.807) is 25.1 Å². The number of hydrogen-bond donors (Lipinski definition) is 2. The van der Waals surface area contributed by atoms with Crippen molar-refractivity contribution in [3.05, 3.63) is 23.8 Å². The van der Waals surface area contributed by atoms with Gasteiger partial charge >= 0.3 is 0 Å². The number of nitrogens with two attached hydrogens (primary N) is 1. The second kappa shape index (κ2) is 6.83. The summed E-state index contributed by atoms with van der Waals surface area (Å²) in [6, 6.07) is 5.45. The topological polar surface area (TPSA) is 58.4 Å². The molecule has 0 unspecified atom stereocenters. The largest absolute Gasteiger partial charge is 0.399 e. The van der Waals surface area contributed by atoms with Crippen LogP contribution in [0.3, 0.4) is 0 Å². The molecule has 0 spiro atoms. The zero-order chi connectivity index (χ0) is 15.4. The third-order valence-electron chi connectivity index (χ3n) is 4.40. The van der Waals surface area contributed by atoms with Gasteiger partial charge in [0.05, 0.1) is 5.56 Å². The quantitative estimate of drug-likeness (QED) is 0.837. The van der Waals surface area contributed by atoms with Gasteiger partial charge < -0.3 is 16.0 Å². The molecule has 1 aliphatic carbocycles. The number of carbonyl (C=O) groups excluding carboxylic acids is 1. The van der Waals surface area contributed by atoms with Gasteiger partial charge in [0.15, 0.2) is 0 Å². The van der Waals surface area contributed by atoms with E-state index in [1.165, 1.54) is 25.7 Å². The minimum Gasteiger partial charge on any atom is -0.399 e. The summed E-state index contributed by atoms with van der Waals surface area (Å²) in [5.74, 6) is 1.57. The van der Waals surface area contributed by atoms with Gasteiger partial charge in [-0.25, -0.2) is 0 Å². The Hall–Kier alpha value is -1.71. The lowest BCUT2D eigenvalue weighted by atomic mass is 9.83. The van der Waals surface area contributed by atoms with Gasteiger partial charge in [0, 0.05) is 32.0 Å². The van der Waals surface area contributed by atoms with Crippen LogP contribution in [0.1, 0.15) is 43.0 Å². The Labute approximate surface area is 127 Å². The van der Waals surface area contributed by atoms with Crippen molar-refractivity contribution in [2.45, 2.75) is 32.6 Å². The highest BCUT2D eigenvalue weighted by molar-refractivity contribution is 6.00. The van der Waals surface area contributed by atoms with E-state index < -0.39 is 0 Å². The highest BCUT2D eigenvalue weighted by Crippen LogP contribution is 2.29. The van der Waals surface area contributed by atoms with Gasteiger partial charge in [-0.15, -0.1) is 0 Å². The monoisotopic (exact) mass is 289 g/mol. The zero-order valence-electron chi connectivity index (χ0n) is 13.4. The van der Waals surface area contributed by atoms with E-state index in [0.717, 1.165) is 18.2 Å². The summed E-state index contributed by atoms with van der Waals surface area (Å²) in [5.41, 5.74) is 8.10. The van der Waals surface area contributed by atoms with Gasteiger partial charge in [0.25, 0.3) is 5.91 Å². The Balaban J connectivity index is 2.04. The van der Waals surface area contributed by atoms with E-state index in [0.29, 0.717) is 17.2 Å². The number of nitrogens with one attached hydrogen (secondary N) is 1. The molecule has 1 fully saturated rings. The fraction of sp³-hybridized carbons (Fsp3) is 0.588.